The van der Waals surface area contributed by atoms with E-state index < -0.39 is 12.0 Å². The quantitative estimate of drug-likeness (QED) is 0.525. The summed E-state index contributed by atoms with van der Waals surface area (Å²) in [6.45, 7) is 2.62. The highest BCUT2D eigenvalue weighted by Crippen LogP contribution is 2.51. The molecule has 0 radical (unpaired) electrons. The molecule has 5 rings (SSSR count). The molecule has 3 fully saturated rings. The lowest BCUT2D eigenvalue weighted by atomic mass is 9.89. The molecule has 0 bridgehead atoms. The molecule has 9 nitrogen and oxygen atoms in total. The van der Waals surface area contributed by atoms with E-state index in [0.717, 1.165) is 32.4 Å². The lowest BCUT2D eigenvalue weighted by Crippen LogP contribution is -2.52. The average molecular weight is 506 g/mol. The molecule has 3 heterocycles. The summed E-state index contributed by atoms with van der Waals surface area (Å²) in [6.07, 6.45) is 2.65. The maximum Gasteiger partial charge on any atom is 0.324 e. The predicted molar refractivity (Wildman–Crippen MR) is 127 cm³/mol. The minimum Gasteiger partial charge on any atom is -0.493 e. The van der Waals surface area contributed by atoms with E-state index in [1.54, 1.807) is 19.2 Å². The Morgan fingerprint density at radius 3 is 2.78 bits per heavy atom. The summed E-state index contributed by atoms with van der Waals surface area (Å²) in [5.41, 5.74) is 6.68. The maximum atomic E-state index is 14.5. The molecule has 0 spiro atoms. The van der Waals surface area contributed by atoms with E-state index in [1.165, 1.54) is 11.0 Å². The van der Waals surface area contributed by atoms with E-state index in [2.05, 4.69) is 15.0 Å². The van der Waals surface area contributed by atoms with Gasteiger partial charge in [0.25, 0.3) is 0 Å². The van der Waals surface area contributed by atoms with E-state index in [-0.39, 0.29) is 36.5 Å². The first-order valence-electron chi connectivity index (χ1n) is 12.5. The molecule has 3 aliphatic rings. The topological polar surface area (TPSA) is 107 Å². The number of carbonyl (C=O) groups excluding carboxylic acids is 1. The van der Waals surface area contributed by atoms with Gasteiger partial charge in [0.05, 0.1) is 26.1 Å². The molecular formula is C25H33F2N5O4. The fraction of sp³-hybridized carbons (Fsp3) is 0.640. The van der Waals surface area contributed by atoms with Gasteiger partial charge in [-0.15, -0.1) is 0 Å². The van der Waals surface area contributed by atoms with Gasteiger partial charge in [-0.3, -0.25) is 4.79 Å². The average Bonchev–Trinajstić information content (AvgIpc) is 3.28. The molecule has 1 aliphatic carbocycles. The fourth-order valence-corrected chi connectivity index (χ4v) is 5.35. The number of benzene rings is 1. The van der Waals surface area contributed by atoms with Gasteiger partial charge in [0.1, 0.15) is 24.3 Å². The van der Waals surface area contributed by atoms with Crippen molar-refractivity contribution in [2.24, 2.45) is 17.6 Å². The minimum absolute atomic E-state index is 0.0773. The van der Waals surface area contributed by atoms with Crippen LogP contribution < -0.4 is 15.4 Å². The Morgan fingerprint density at radius 2 is 2.08 bits per heavy atom. The van der Waals surface area contributed by atoms with Crippen LogP contribution in [0.15, 0.2) is 22.7 Å². The summed E-state index contributed by atoms with van der Waals surface area (Å²) in [4.78, 5) is 20.0. The van der Waals surface area contributed by atoms with Crippen LogP contribution in [0.4, 0.5) is 14.8 Å². The third kappa shape index (κ3) is 5.46. The van der Waals surface area contributed by atoms with Gasteiger partial charge in [0, 0.05) is 31.8 Å². The summed E-state index contributed by atoms with van der Waals surface area (Å²) in [6, 6.07) is 5.07. The number of ether oxygens (including phenoxy) is 2. The molecule has 2 saturated heterocycles. The standard InChI is InChI=1S/C25H33F2N5O4/c1-34-15-22-29-24(36-30-22)31-7-4-16(5-8-31)20-12-25(20,28)6-9-35-19-3-2-17(21(27)11-19)10-23(33)32-13-18(26)14-32/h2-3,11,16,18,20H,4-10,12-15,28H2,1H3. The second-order valence-electron chi connectivity index (χ2n) is 10.2. The lowest BCUT2D eigenvalue weighted by molar-refractivity contribution is -0.137. The monoisotopic (exact) mass is 505 g/mol. The number of likely N-dealkylation sites (tertiary alicyclic amines) is 1. The van der Waals surface area contributed by atoms with Crippen LogP contribution in [0, 0.1) is 17.7 Å². The van der Waals surface area contributed by atoms with Crippen molar-refractivity contribution in [2.75, 3.05) is 44.8 Å². The first kappa shape index (κ1) is 24.9. The first-order valence-corrected chi connectivity index (χ1v) is 12.5. The van der Waals surface area contributed by atoms with Crippen molar-refractivity contribution < 1.29 is 27.6 Å². The molecule has 2 unspecified atom stereocenters. The van der Waals surface area contributed by atoms with Gasteiger partial charge in [0.15, 0.2) is 5.82 Å². The number of aromatic nitrogens is 2. The number of methoxy groups -OCH3 is 1. The molecule has 2 N–H and O–H groups in total. The van der Waals surface area contributed by atoms with Crippen LogP contribution in [-0.4, -0.2) is 72.6 Å². The highest BCUT2D eigenvalue weighted by molar-refractivity contribution is 5.79. The van der Waals surface area contributed by atoms with Crippen LogP contribution in [0.25, 0.3) is 0 Å². The number of carbonyl (C=O) groups is 1. The Kier molecular flexibility index (Phi) is 7.11. The van der Waals surface area contributed by atoms with Crippen molar-refractivity contribution in [3.8, 4) is 5.75 Å². The molecule has 1 saturated carbocycles. The summed E-state index contributed by atoms with van der Waals surface area (Å²) in [5.74, 6) is 1.19. The molecule has 11 heteroatoms. The van der Waals surface area contributed by atoms with Gasteiger partial charge >= 0.3 is 6.01 Å². The Balaban J connectivity index is 1.04. The molecule has 196 valence electrons. The van der Waals surface area contributed by atoms with E-state index in [1.807, 2.05) is 0 Å². The highest BCUT2D eigenvalue weighted by Gasteiger charge is 2.54. The zero-order valence-electron chi connectivity index (χ0n) is 20.5. The van der Waals surface area contributed by atoms with Gasteiger partial charge in [-0.2, -0.15) is 4.98 Å². The van der Waals surface area contributed by atoms with Gasteiger partial charge in [-0.1, -0.05) is 11.2 Å². The number of anilines is 1. The molecule has 2 atom stereocenters. The summed E-state index contributed by atoms with van der Waals surface area (Å²) in [5, 5.41) is 3.93. The number of amides is 1. The second kappa shape index (κ2) is 10.3. The Labute approximate surface area is 208 Å². The van der Waals surface area contributed by atoms with Gasteiger partial charge in [0.2, 0.25) is 5.91 Å². The van der Waals surface area contributed by atoms with E-state index in [4.69, 9.17) is 19.7 Å². The third-order valence-electron chi connectivity index (χ3n) is 7.68. The molecule has 1 aromatic heterocycles. The van der Waals surface area contributed by atoms with Crippen molar-refractivity contribution >= 4 is 11.9 Å². The van der Waals surface area contributed by atoms with Crippen LogP contribution >= 0.6 is 0 Å². The number of piperidine rings is 1. The maximum absolute atomic E-state index is 14.5. The molecular weight excluding hydrogens is 472 g/mol. The second-order valence-corrected chi connectivity index (χ2v) is 10.2. The number of halogens is 2. The van der Waals surface area contributed by atoms with Crippen molar-refractivity contribution in [3.05, 3.63) is 35.4 Å². The van der Waals surface area contributed by atoms with Gasteiger partial charge in [-0.05, 0) is 49.1 Å². The lowest BCUT2D eigenvalue weighted by Gasteiger charge is -2.34. The van der Waals surface area contributed by atoms with Crippen molar-refractivity contribution in [2.45, 2.75) is 50.4 Å². The number of rotatable bonds is 10. The predicted octanol–water partition coefficient (Wildman–Crippen LogP) is 2.48. The number of hydrogen-bond acceptors (Lipinski definition) is 8. The Bertz CT molecular complexity index is 1070. The smallest absolute Gasteiger partial charge is 0.324 e. The van der Waals surface area contributed by atoms with E-state index >= 15 is 0 Å². The summed E-state index contributed by atoms with van der Waals surface area (Å²) < 4.78 is 43.6. The van der Waals surface area contributed by atoms with Crippen molar-refractivity contribution in [1.82, 2.24) is 15.0 Å². The van der Waals surface area contributed by atoms with Crippen LogP contribution in [0.5, 0.6) is 5.75 Å². The Morgan fingerprint density at radius 1 is 1.31 bits per heavy atom. The van der Waals surface area contributed by atoms with Crippen molar-refractivity contribution in [3.63, 3.8) is 0 Å². The fourth-order valence-electron chi connectivity index (χ4n) is 5.35. The molecule has 2 aromatic rings. The molecule has 1 aromatic carbocycles. The summed E-state index contributed by atoms with van der Waals surface area (Å²) >= 11 is 0. The normalized spacial score (nSPS) is 24.6. The largest absolute Gasteiger partial charge is 0.493 e. The number of nitrogens with two attached hydrogens (primary N) is 1. The molecule has 36 heavy (non-hydrogen) atoms. The number of nitrogens with zero attached hydrogens (tertiary/aromatic N) is 4. The first-order chi connectivity index (χ1) is 17.3. The molecule has 2 aliphatic heterocycles. The molecule has 1 amide bonds. The van der Waals surface area contributed by atoms with Crippen LogP contribution in [0.2, 0.25) is 0 Å². The summed E-state index contributed by atoms with van der Waals surface area (Å²) in [7, 11) is 1.60. The van der Waals surface area contributed by atoms with Gasteiger partial charge < -0.3 is 29.5 Å². The zero-order chi connectivity index (χ0) is 25.3. The number of hydrogen-bond donors (Lipinski definition) is 1. The SMILES string of the molecule is COCc1noc(N2CCC(C3CC3(N)CCOc3ccc(CC(=O)N4CC(F)C4)c(F)c3)CC2)n1. The van der Waals surface area contributed by atoms with Crippen LogP contribution in [-0.2, 0) is 22.6 Å². The van der Waals surface area contributed by atoms with Crippen LogP contribution in [0.3, 0.4) is 0 Å². The van der Waals surface area contributed by atoms with E-state index in [0.29, 0.717) is 49.1 Å². The van der Waals surface area contributed by atoms with Gasteiger partial charge in [-0.25, -0.2) is 8.78 Å². The highest BCUT2D eigenvalue weighted by atomic mass is 19.1. The number of alkyl halides is 1. The Hall–Kier alpha value is -2.79. The van der Waals surface area contributed by atoms with Crippen LogP contribution in [0.1, 0.15) is 37.1 Å². The zero-order valence-corrected chi connectivity index (χ0v) is 20.5. The van der Waals surface area contributed by atoms with E-state index in [9.17, 15) is 13.6 Å². The third-order valence-corrected chi connectivity index (χ3v) is 7.68. The van der Waals surface area contributed by atoms with Crippen molar-refractivity contribution in [1.29, 1.82) is 0 Å². The minimum atomic E-state index is -0.967.